The molecule has 0 amide bonds. The second kappa shape index (κ2) is 10.6. The average Bonchev–Trinajstić information content (AvgIpc) is 3.86. The Labute approximate surface area is 306 Å². The Balaban J connectivity index is 1.17. The van der Waals surface area contributed by atoms with Gasteiger partial charge in [-0.25, -0.2) is 0 Å². The minimum Gasteiger partial charge on any atom is -0.456 e. The van der Waals surface area contributed by atoms with Gasteiger partial charge in [0.1, 0.15) is 11.2 Å². The fourth-order valence-electron chi connectivity index (χ4n) is 9.82. The Morgan fingerprint density at radius 2 is 1.08 bits per heavy atom. The lowest BCUT2D eigenvalue weighted by Crippen LogP contribution is -2.26. The zero-order valence-electron chi connectivity index (χ0n) is 28.8. The third kappa shape index (κ3) is 3.72. The maximum absolute atomic E-state index is 6.38. The van der Waals surface area contributed by atoms with Crippen molar-refractivity contribution in [2.75, 3.05) is 4.90 Å². The third-order valence-corrected chi connectivity index (χ3v) is 11.8. The summed E-state index contributed by atoms with van der Waals surface area (Å²) in [5.74, 6) is 0. The lowest BCUT2D eigenvalue weighted by atomic mass is 9.69. The molecule has 0 atom stereocenters. The summed E-state index contributed by atoms with van der Waals surface area (Å²) in [4.78, 5) is 2.38. The molecular formula is C51H31NO. The molecule has 2 aliphatic rings. The Morgan fingerprint density at radius 1 is 0.396 bits per heavy atom. The van der Waals surface area contributed by atoms with E-state index in [1.165, 1.54) is 66.1 Å². The summed E-state index contributed by atoms with van der Waals surface area (Å²) in [6.07, 6.45) is 0. The van der Waals surface area contributed by atoms with E-state index in [9.17, 15) is 0 Å². The number of benzene rings is 9. The molecule has 0 unspecified atom stereocenters. The van der Waals surface area contributed by atoms with Gasteiger partial charge < -0.3 is 9.32 Å². The van der Waals surface area contributed by atoms with E-state index in [0.29, 0.717) is 0 Å². The van der Waals surface area contributed by atoms with E-state index in [-0.39, 0.29) is 0 Å². The van der Waals surface area contributed by atoms with E-state index in [4.69, 9.17) is 4.42 Å². The molecule has 1 aromatic heterocycles. The molecule has 0 fully saturated rings. The summed E-state index contributed by atoms with van der Waals surface area (Å²) in [6, 6.07) is 69.0. The first-order valence-electron chi connectivity index (χ1n) is 18.4. The molecule has 2 aliphatic carbocycles. The van der Waals surface area contributed by atoms with Gasteiger partial charge in [-0.05, 0) is 109 Å². The van der Waals surface area contributed by atoms with Crippen molar-refractivity contribution in [1.29, 1.82) is 0 Å². The first kappa shape index (κ1) is 28.8. The minimum atomic E-state index is -0.441. The molecule has 0 bridgehead atoms. The van der Waals surface area contributed by atoms with Gasteiger partial charge in [0.15, 0.2) is 0 Å². The van der Waals surface area contributed by atoms with Crippen LogP contribution in [0.25, 0.3) is 65.7 Å². The SMILES string of the molecule is c1ccc(N(c2ccc3c4c(ccc3c2)-c2c(ccc3ccccc23)C42c3ccccc3-c3ccccc32)c2cccc3oc4ccccc4c23)cc1. The van der Waals surface area contributed by atoms with Crippen molar-refractivity contribution < 1.29 is 4.42 Å². The fourth-order valence-corrected chi connectivity index (χ4v) is 9.82. The third-order valence-electron chi connectivity index (χ3n) is 11.8. The van der Waals surface area contributed by atoms with Gasteiger partial charge in [0.2, 0.25) is 0 Å². The number of rotatable bonds is 3. The van der Waals surface area contributed by atoms with Gasteiger partial charge in [-0.15, -0.1) is 0 Å². The van der Waals surface area contributed by atoms with Crippen molar-refractivity contribution >= 4 is 60.5 Å². The number of fused-ring (bicyclic) bond motifs is 17. The second-order valence-electron chi connectivity index (χ2n) is 14.4. The molecule has 0 saturated carbocycles. The molecule has 1 spiro atoms. The summed E-state index contributed by atoms with van der Waals surface area (Å²) in [7, 11) is 0. The van der Waals surface area contributed by atoms with E-state index in [1.54, 1.807) is 0 Å². The van der Waals surface area contributed by atoms with Gasteiger partial charge in [0, 0.05) is 16.8 Å². The highest BCUT2D eigenvalue weighted by atomic mass is 16.3. The lowest BCUT2D eigenvalue weighted by Gasteiger charge is -2.32. The number of hydrogen-bond donors (Lipinski definition) is 0. The smallest absolute Gasteiger partial charge is 0.137 e. The van der Waals surface area contributed by atoms with Crippen molar-refractivity contribution in [3.05, 3.63) is 210 Å². The summed E-state index contributed by atoms with van der Waals surface area (Å²) in [5, 5.41) is 7.28. The van der Waals surface area contributed by atoms with Gasteiger partial charge in [0.25, 0.3) is 0 Å². The predicted octanol–water partition coefficient (Wildman–Crippen LogP) is 13.7. The first-order valence-corrected chi connectivity index (χ1v) is 18.4. The van der Waals surface area contributed by atoms with Crippen molar-refractivity contribution in [1.82, 2.24) is 0 Å². The monoisotopic (exact) mass is 673 g/mol. The first-order chi connectivity index (χ1) is 26.3. The van der Waals surface area contributed by atoms with Gasteiger partial charge >= 0.3 is 0 Å². The quantitative estimate of drug-likeness (QED) is 0.186. The molecule has 0 aliphatic heterocycles. The van der Waals surface area contributed by atoms with Crippen LogP contribution in [-0.2, 0) is 5.41 Å². The number of nitrogens with zero attached hydrogens (tertiary/aromatic N) is 1. The lowest BCUT2D eigenvalue weighted by molar-refractivity contribution is 0.669. The van der Waals surface area contributed by atoms with Crippen LogP contribution in [0.15, 0.2) is 192 Å². The Kier molecular flexibility index (Phi) is 5.73. The fraction of sp³-hybridized carbons (Fsp3) is 0.0196. The summed E-state index contributed by atoms with van der Waals surface area (Å²) >= 11 is 0. The zero-order chi connectivity index (χ0) is 34.7. The van der Waals surface area contributed by atoms with Crippen LogP contribution in [0.3, 0.4) is 0 Å². The standard InChI is InChI=1S/C51H31NO/c1-2-14-34(15-3-1)52(45-22-12-24-47-49(45)40-19-8-11-23-46(40)53-47)35-27-29-37-33(31-35)25-28-41-48-36-16-5-4-13-32(36)26-30-44(48)51(50(37)41)42-20-9-6-17-38(42)39-18-7-10-21-43(39)51/h1-31H. The van der Waals surface area contributed by atoms with Crippen LogP contribution in [0.2, 0.25) is 0 Å². The number of anilines is 3. The Morgan fingerprint density at radius 3 is 1.91 bits per heavy atom. The normalized spacial score (nSPS) is 13.4. The Bertz CT molecular complexity index is 3090. The molecule has 0 N–H and O–H groups in total. The zero-order valence-corrected chi connectivity index (χ0v) is 28.8. The van der Waals surface area contributed by atoms with Gasteiger partial charge in [-0.2, -0.15) is 0 Å². The topological polar surface area (TPSA) is 16.4 Å². The molecule has 53 heavy (non-hydrogen) atoms. The molecule has 0 radical (unpaired) electrons. The van der Waals surface area contributed by atoms with Crippen molar-refractivity contribution in [3.8, 4) is 22.3 Å². The van der Waals surface area contributed by atoms with Gasteiger partial charge in [0.05, 0.1) is 16.5 Å². The van der Waals surface area contributed by atoms with Crippen LogP contribution in [0, 0.1) is 0 Å². The van der Waals surface area contributed by atoms with Gasteiger partial charge in [-0.1, -0.05) is 146 Å². The molecular weight excluding hydrogens is 643 g/mol. The van der Waals surface area contributed by atoms with Crippen LogP contribution in [0.4, 0.5) is 17.1 Å². The Hall–Kier alpha value is -6.90. The predicted molar refractivity (Wildman–Crippen MR) is 220 cm³/mol. The summed E-state index contributed by atoms with van der Waals surface area (Å²) < 4.78 is 6.38. The van der Waals surface area contributed by atoms with Crippen LogP contribution in [-0.4, -0.2) is 0 Å². The van der Waals surface area contributed by atoms with Gasteiger partial charge in [-0.3, -0.25) is 0 Å². The van der Waals surface area contributed by atoms with Crippen molar-refractivity contribution in [2.45, 2.75) is 5.41 Å². The molecule has 0 saturated heterocycles. The van der Waals surface area contributed by atoms with Crippen LogP contribution < -0.4 is 4.90 Å². The average molecular weight is 674 g/mol. The molecule has 2 nitrogen and oxygen atoms in total. The molecule has 2 heteroatoms. The molecule has 1 heterocycles. The number of para-hydroxylation sites is 2. The number of furan rings is 1. The highest BCUT2D eigenvalue weighted by Gasteiger charge is 2.52. The molecule has 10 aromatic rings. The van der Waals surface area contributed by atoms with Crippen LogP contribution in [0.5, 0.6) is 0 Å². The molecule has 9 aromatic carbocycles. The second-order valence-corrected chi connectivity index (χ2v) is 14.4. The summed E-state index contributed by atoms with van der Waals surface area (Å²) in [5.41, 5.74) is 15.4. The van der Waals surface area contributed by atoms with E-state index in [2.05, 4.69) is 187 Å². The van der Waals surface area contributed by atoms with E-state index < -0.39 is 5.41 Å². The highest BCUT2D eigenvalue weighted by Crippen LogP contribution is 2.65. The van der Waals surface area contributed by atoms with Crippen LogP contribution >= 0.6 is 0 Å². The van der Waals surface area contributed by atoms with E-state index >= 15 is 0 Å². The van der Waals surface area contributed by atoms with E-state index in [1.807, 2.05) is 6.07 Å². The highest BCUT2D eigenvalue weighted by molar-refractivity contribution is 6.14. The minimum absolute atomic E-state index is 0.441. The van der Waals surface area contributed by atoms with Crippen LogP contribution in [0.1, 0.15) is 22.3 Å². The van der Waals surface area contributed by atoms with Crippen molar-refractivity contribution in [2.24, 2.45) is 0 Å². The largest absolute Gasteiger partial charge is 0.456 e. The molecule has 246 valence electrons. The maximum atomic E-state index is 6.38. The van der Waals surface area contributed by atoms with E-state index in [0.717, 1.165) is 39.0 Å². The molecule has 12 rings (SSSR count). The number of hydrogen-bond acceptors (Lipinski definition) is 2. The van der Waals surface area contributed by atoms with Crippen molar-refractivity contribution in [3.63, 3.8) is 0 Å². The maximum Gasteiger partial charge on any atom is 0.137 e. The summed E-state index contributed by atoms with van der Waals surface area (Å²) in [6.45, 7) is 0.